The van der Waals surface area contributed by atoms with Gasteiger partial charge in [-0.05, 0) is 54.3 Å². The van der Waals surface area contributed by atoms with Crippen molar-refractivity contribution in [3.05, 3.63) is 99.2 Å². The van der Waals surface area contributed by atoms with Gasteiger partial charge in [0.15, 0.2) is 5.16 Å². The third kappa shape index (κ3) is 4.21. The van der Waals surface area contributed by atoms with Crippen LogP contribution in [-0.4, -0.2) is 24.3 Å². The average Bonchev–Trinajstić information content (AvgIpc) is 3.49. The highest BCUT2D eigenvalue weighted by molar-refractivity contribution is 7.98. The normalized spacial score (nSPS) is 11.3. The summed E-state index contributed by atoms with van der Waals surface area (Å²) in [5, 5.41) is 11.6. The zero-order valence-electron chi connectivity index (χ0n) is 16.9. The molecule has 0 amide bonds. The third-order valence-electron chi connectivity index (χ3n) is 5.02. The summed E-state index contributed by atoms with van der Waals surface area (Å²) in [6.45, 7) is 0.770. The van der Waals surface area contributed by atoms with Crippen LogP contribution < -0.4 is 5.56 Å². The minimum Gasteiger partial charge on any atom is -0.308 e. The van der Waals surface area contributed by atoms with Gasteiger partial charge in [0.05, 0.1) is 22.3 Å². The summed E-state index contributed by atoms with van der Waals surface area (Å²) in [5.41, 5.74) is 1.02. The molecule has 0 unspecified atom stereocenters. The predicted molar refractivity (Wildman–Crippen MR) is 125 cm³/mol. The third-order valence-corrected chi connectivity index (χ3v) is 6.93. The Bertz CT molecular complexity index is 1410. The molecule has 0 aliphatic rings. The number of hydrogen-bond donors (Lipinski definition) is 0. The number of para-hydroxylation sites is 1. The van der Waals surface area contributed by atoms with E-state index in [9.17, 15) is 9.18 Å². The number of rotatable bonds is 7. The van der Waals surface area contributed by atoms with Crippen LogP contribution in [-0.2, 0) is 18.7 Å². The van der Waals surface area contributed by atoms with E-state index in [1.54, 1.807) is 40.4 Å². The number of aryl methyl sites for hydroxylation is 2. The largest absolute Gasteiger partial charge is 0.308 e. The standard InChI is InChI=1S/C23H18FN5OS2/c24-16-7-9-17(10-8-16)29-21(26-20-6-2-1-5-19(20)22(29)30)14-32-23-27-25-15-28(23)12-11-18-4-3-13-31-18/h1-10,13,15H,11-12,14H2. The van der Waals surface area contributed by atoms with E-state index < -0.39 is 0 Å². The Morgan fingerprint density at radius 2 is 1.88 bits per heavy atom. The number of nitrogens with zero attached hydrogens (tertiary/aromatic N) is 5. The Morgan fingerprint density at radius 3 is 2.69 bits per heavy atom. The first-order valence-electron chi connectivity index (χ1n) is 9.98. The smallest absolute Gasteiger partial charge is 0.265 e. The molecule has 0 radical (unpaired) electrons. The zero-order valence-corrected chi connectivity index (χ0v) is 18.5. The van der Waals surface area contributed by atoms with Crippen molar-refractivity contribution in [3.8, 4) is 5.69 Å². The molecule has 160 valence electrons. The van der Waals surface area contributed by atoms with E-state index in [-0.39, 0.29) is 11.4 Å². The second-order valence-corrected chi connectivity index (χ2v) is 9.06. The summed E-state index contributed by atoms with van der Waals surface area (Å²) in [6.07, 6.45) is 2.62. The first-order chi connectivity index (χ1) is 15.7. The topological polar surface area (TPSA) is 65.6 Å². The zero-order chi connectivity index (χ0) is 21.9. The number of aromatic nitrogens is 5. The Balaban J connectivity index is 1.47. The minimum atomic E-state index is -0.356. The maximum atomic E-state index is 13.5. The molecule has 0 spiro atoms. The van der Waals surface area contributed by atoms with E-state index in [1.165, 1.54) is 28.8 Å². The van der Waals surface area contributed by atoms with Crippen LogP contribution in [0, 0.1) is 5.82 Å². The molecule has 0 aliphatic heterocycles. The van der Waals surface area contributed by atoms with Gasteiger partial charge in [-0.25, -0.2) is 9.37 Å². The highest BCUT2D eigenvalue weighted by atomic mass is 32.2. The minimum absolute atomic E-state index is 0.183. The maximum Gasteiger partial charge on any atom is 0.265 e. The lowest BCUT2D eigenvalue weighted by molar-refractivity contribution is 0.627. The fraction of sp³-hybridized carbons (Fsp3) is 0.130. The van der Waals surface area contributed by atoms with Gasteiger partial charge in [-0.2, -0.15) is 0 Å². The van der Waals surface area contributed by atoms with E-state index in [2.05, 4.69) is 21.6 Å². The Hall–Kier alpha value is -3.30. The molecule has 3 heterocycles. The van der Waals surface area contributed by atoms with Crippen molar-refractivity contribution in [2.45, 2.75) is 23.9 Å². The average molecular weight is 464 g/mol. The van der Waals surface area contributed by atoms with Gasteiger partial charge in [-0.15, -0.1) is 21.5 Å². The molecular weight excluding hydrogens is 445 g/mol. The summed E-state index contributed by atoms with van der Waals surface area (Å²) < 4.78 is 17.0. The second-order valence-electron chi connectivity index (χ2n) is 7.09. The first-order valence-corrected chi connectivity index (χ1v) is 11.9. The molecule has 5 rings (SSSR count). The molecule has 0 saturated carbocycles. The number of thiophene rings is 1. The molecule has 32 heavy (non-hydrogen) atoms. The van der Waals surface area contributed by atoms with Crippen LogP contribution >= 0.6 is 23.1 Å². The van der Waals surface area contributed by atoms with Gasteiger partial charge in [0.2, 0.25) is 0 Å². The maximum absolute atomic E-state index is 13.5. The molecule has 2 aromatic carbocycles. The highest BCUT2D eigenvalue weighted by Crippen LogP contribution is 2.23. The molecule has 0 atom stereocenters. The lowest BCUT2D eigenvalue weighted by Gasteiger charge is -2.13. The van der Waals surface area contributed by atoms with Crippen molar-refractivity contribution < 1.29 is 4.39 Å². The molecule has 3 aromatic heterocycles. The van der Waals surface area contributed by atoms with Gasteiger partial charge in [-0.1, -0.05) is 30.0 Å². The first kappa shape index (κ1) is 20.6. The lowest BCUT2D eigenvalue weighted by Crippen LogP contribution is -2.23. The van der Waals surface area contributed by atoms with Gasteiger partial charge in [0, 0.05) is 11.4 Å². The van der Waals surface area contributed by atoms with Crippen LogP contribution in [0.4, 0.5) is 4.39 Å². The highest BCUT2D eigenvalue weighted by Gasteiger charge is 2.15. The SMILES string of the molecule is O=c1c2ccccc2nc(CSc2nncn2CCc2cccs2)n1-c1ccc(F)cc1. The summed E-state index contributed by atoms with van der Waals surface area (Å²) in [6, 6.07) is 17.3. The van der Waals surface area contributed by atoms with Crippen molar-refractivity contribution in [1.82, 2.24) is 24.3 Å². The number of fused-ring (bicyclic) bond motifs is 1. The number of thioether (sulfide) groups is 1. The van der Waals surface area contributed by atoms with E-state index in [0.717, 1.165) is 18.1 Å². The van der Waals surface area contributed by atoms with Crippen LogP contribution in [0.1, 0.15) is 10.7 Å². The van der Waals surface area contributed by atoms with Crippen molar-refractivity contribution >= 4 is 34.0 Å². The molecule has 0 aliphatic carbocycles. The molecule has 0 saturated heterocycles. The summed E-state index contributed by atoms with van der Waals surface area (Å²) >= 11 is 3.20. The predicted octanol–water partition coefficient (Wildman–Crippen LogP) is 4.71. The Morgan fingerprint density at radius 1 is 1.03 bits per heavy atom. The quantitative estimate of drug-likeness (QED) is 0.327. The van der Waals surface area contributed by atoms with Crippen molar-refractivity contribution in [2.75, 3.05) is 0 Å². The van der Waals surface area contributed by atoms with Crippen molar-refractivity contribution in [3.63, 3.8) is 0 Å². The fourth-order valence-corrected chi connectivity index (χ4v) is 5.02. The van der Waals surface area contributed by atoms with Gasteiger partial charge in [0.25, 0.3) is 5.56 Å². The van der Waals surface area contributed by atoms with Crippen molar-refractivity contribution in [1.29, 1.82) is 0 Å². The molecule has 9 heteroatoms. The van der Waals surface area contributed by atoms with Crippen LogP contribution in [0.3, 0.4) is 0 Å². The Labute approximate surface area is 191 Å². The van der Waals surface area contributed by atoms with E-state index in [1.807, 2.05) is 28.8 Å². The van der Waals surface area contributed by atoms with Crippen LogP contribution in [0.25, 0.3) is 16.6 Å². The molecule has 0 fully saturated rings. The van der Waals surface area contributed by atoms with E-state index in [0.29, 0.717) is 28.2 Å². The van der Waals surface area contributed by atoms with Crippen LogP contribution in [0.2, 0.25) is 0 Å². The van der Waals surface area contributed by atoms with E-state index in [4.69, 9.17) is 4.98 Å². The van der Waals surface area contributed by atoms with Gasteiger partial charge in [-0.3, -0.25) is 9.36 Å². The molecule has 0 N–H and O–H groups in total. The molecular formula is C23H18FN5OS2. The monoisotopic (exact) mass is 463 g/mol. The van der Waals surface area contributed by atoms with Crippen LogP contribution in [0.15, 0.2) is 82.3 Å². The van der Waals surface area contributed by atoms with Gasteiger partial charge < -0.3 is 4.57 Å². The van der Waals surface area contributed by atoms with Gasteiger partial charge in [0.1, 0.15) is 18.0 Å². The number of benzene rings is 2. The number of halogens is 1. The molecule has 0 bridgehead atoms. The Kier molecular flexibility index (Phi) is 5.83. The summed E-state index contributed by atoms with van der Waals surface area (Å²) in [5.74, 6) is 0.623. The van der Waals surface area contributed by atoms with Crippen LogP contribution in [0.5, 0.6) is 0 Å². The molecule has 6 nitrogen and oxygen atoms in total. The van der Waals surface area contributed by atoms with Gasteiger partial charge >= 0.3 is 0 Å². The lowest BCUT2D eigenvalue weighted by atomic mass is 10.2. The van der Waals surface area contributed by atoms with Crippen molar-refractivity contribution in [2.24, 2.45) is 0 Å². The summed E-state index contributed by atoms with van der Waals surface area (Å²) in [4.78, 5) is 19.3. The fourth-order valence-electron chi connectivity index (χ4n) is 3.46. The molecule has 5 aromatic rings. The second kappa shape index (κ2) is 9.05. The number of hydrogen-bond acceptors (Lipinski definition) is 6. The van der Waals surface area contributed by atoms with E-state index >= 15 is 0 Å². The summed E-state index contributed by atoms with van der Waals surface area (Å²) in [7, 11) is 0.